The van der Waals surface area contributed by atoms with Crippen LogP contribution in [0.1, 0.15) is 0 Å². The van der Waals surface area contributed by atoms with Gasteiger partial charge in [0.1, 0.15) is 6.54 Å². The third-order valence-corrected chi connectivity index (χ3v) is 7.94. The van der Waals surface area contributed by atoms with Crippen LogP contribution in [0.4, 0.5) is 23.0 Å². The molecular weight excluding hydrogens is 496 g/mol. The highest BCUT2D eigenvalue weighted by Gasteiger charge is 2.18. The maximum Gasteiger partial charge on any atom is 0.233 e. The highest BCUT2D eigenvalue weighted by molar-refractivity contribution is 7.92. The Morgan fingerprint density at radius 1 is 1.14 bits per heavy atom. The number of nitrogens with one attached hydrogen (secondary N) is 1. The fraction of sp³-hybridized carbons (Fsp3) is 0.240. The highest BCUT2D eigenvalue weighted by atomic mass is 32.2. The summed E-state index contributed by atoms with van der Waals surface area (Å²) in [6, 6.07) is 17.2. The van der Waals surface area contributed by atoms with Crippen LogP contribution in [0.2, 0.25) is 0 Å². The van der Waals surface area contributed by atoms with E-state index in [0.717, 1.165) is 69.6 Å². The van der Waals surface area contributed by atoms with E-state index in [1.807, 2.05) is 35.7 Å². The van der Waals surface area contributed by atoms with Gasteiger partial charge in [-0.15, -0.1) is 11.3 Å². The van der Waals surface area contributed by atoms with Gasteiger partial charge in [-0.1, -0.05) is 12.1 Å². The fourth-order valence-electron chi connectivity index (χ4n) is 4.07. The molecule has 1 aliphatic heterocycles. The van der Waals surface area contributed by atoms with Crippen molar-refractivity contribution in [2.24, 2.45) is 0 Å². The summed E-state index contributed by atoms with van der Waals surface area (Å²) in [5.41, 5.74) is 5.14. The number of thiophene rings is 1. The van der Waals surface area contributed by atoms with Crippen molar-refractivity contribution in [3.8, 4) is 17.2 Å². The molecule has 1 fully saturated rings. The van der Waals surface area contributed by atoms with Crippen molar-refractivity contribution in [2.75, 3.05) is 53.6 Å². The number of nitriles is 1. The molecule has 11 heteroatoms. The van der Waals surface area contributed by atoms with Gasteiger partial charge in [0.2, 0.25) is 16.0 Å². The molecule has 184 valence electrons. The predicted molar refractivity (Wildman–Crippen MR) is 143 cm³/mol. The van der Waals surface area contributed by atoms with Crippen LogP contribution in [0, 0.1) is 11.3 Å². The van der Waals surface area contributed by atoms with Crippen LogP contribution < -0.4 is 14.5 Å². The van der Waals surface area contributed by atoms with Gasteiger partial charge in [-0.05, 0) is 42.0 Å². The van der Waals surface area contributed by atoms with Gasteiger partial charge in [-0.3, -0.25) is 4.31 Å². The van der Waals surface area contributed by atoms with Crippen LogP contribution >= 0.6 is 11.3 Å². The average molecular weight is 521 g/mol. The van der Waals surface area contributed by atoms with E-state index in [4.69, 9.17) is 15.0 Å². The minimum atomic E-state index is -3.55. The molecule has 1 saturated heterocycles. The minimum Gasteiger partial charge on any atom is -0.378 e. The number of ether oxygens (including phenoxy) is 1. The van der Waals surface area contributed by atoms with Crippen molar-refractivity contribution in [3.63, 3.8) is 0 Å². The normalized spacial score (nSPS) is 13.9. The summed E-state index contributed by atoms with van der Waals surface area (Å²) in [5.74, 6) is 0.496. The summed E-state index contributed by atoms with van der Waals surface area (Å²) in [6.07, 6.45) is 2.89. The number of sulfonamides is 1. The first-order valence-corrected chi connectivity index (χ1v) is 14.0. The zero-order valence-corrected chi connectivity index (χ0v) is 21.2. The van der Waals surface area contributed by atoms with Gasteiger partial charge in [0.15, 0.2) is 0 Å². The second-order valence-corrected chi connectivity index (χ2v) is 11.1. The first-order chi connectivity index (χ1) is 17.4. The number of anilines is 4. The van der Waals surface area contributed by atoms with Gasteiger partial charge in [0, 0.05) is 35.4 Å². The molecule has 4 aromatic rings. The fourth-order valence-corrected chi connectivity index (χ4v) is 5.74. The summed E-state index contributed by atoms with van der Waals surface area (Å²) in [4.78, 5) is 11.5. The number of morpholine rings is 1. The van der Waals surface area contributed by atoms with E-state index in [2.05, 4.69) is 27.3 Å². The Morgan fingerprint density at radius 2 is 1.86 bits per heavy atom. The monoisotopic (exact) mass is 520 g/mol. The largest absolute Gasteiger partial charge is 0.378 e. The number of fused-ring (bicyclic) bond motifs is 1. The summed E-state index contributed by atoms with van der Waals surface area (Å²) in [5, 5.41) is 14.3. The minimum absolute atomic E-state index is 0.241. The standard InChI is InChI=1S/C25H24N6O3S2/c1-36(32,33)31(11-10-26)21-6-2-18(3-7-21)22-17-35-23-16-27-25(29-24(22)23)28-19-4-8-20(9-5-19)30-12-14-34-15-13-30/h2-9,16-17H,11-15H2,1H3,(H,27,28,29). The lowest BCUT2D eigenvalue weighted by Gasteiger charge is -2.28. The third kappa shape index (κ3) is 5.11. The molecule has 0 atom stereocenters. The Kier molecular flexibility index (Phi) is 6.73. The molecule has 0 saturated carbocycles. The van der Waals surface area contributed by atoms with Crippen molar-refractivity contribution in [1.29, 1.82) is 5.26 Å². The van der Waals surface area contributed by atoms with E-state index in [1.165, 1.54) is 0 Å². The molecule has 0 bridgehead atoms. The molecule has 0 spiro atoms. The van der Waals surface area contributed by atoms with Gasteiger partial charge in [0.25, 0.3) is 0 Å². The van der Waals surface area contributed by atoms with Crippen molar-refractivity contribution < 1.29 is 13.2 Å². The summed E-state index contributed by atoms with van der Waals surface area (Å²) < 4.78 is 31.5. The molecule has 1 aliphatic rings. The molecule has 2 aromatic heterocycles. The zero-order chi connectivity index (χ0) is 25.1. The van der Waals surface area contributed by atoms with Crippen molar-refractivity contribution >= 4 is 54.6 Å². The van der Waals surface area contributed by atoms with Gasteiger partial charge >= 0.3 is 0 Å². The van der Waals surface area contributed by atoms with Gasteiger partial charge in [-0.25, -0.2) is 18.4 Å². The van der Waals surface area contributed by atoms with E-state index in [1.54, 1.807) is 29.7 Å². The molecule has 0 radical (unpaired) electrons. The second kappa shape index (κ2) is 10.1. The number of aromatic nitrogens is 2. The van der Waals surface area contributed by atoms with Crippen LogP contribution in [0.25, 0.3) is 21.3 Å². The topological polar surface area (TPSA) is 111 Å². The summed E-state index contributed by atoms with van der Waals surface area (Å²) >= 11 is 1.55. The first kappa shape index (κ1) is 24.0. The van der Waals surface area contributed by atoms with Crippen LogP contribution in [0.15, 0.2) is 60.1 Å². The van der Waals surface area contributed by atoms with Crippen molar-refractivity contribution in [3.05, 3.63) is 60.1 Å². The smallest absolute Gasteiger partial charge is 0.233 e. The Morgan fingerprint density at radius 3 is 2.53 bits per heavy atom. The number of rotatable bonds is 7. The first-order valence-electron chi connectivity index (χ1n) is 11.3. The molecule has 2 aromatic carbocycles. The molecule has 36 heavy (non-hydrogen) atoms. The third-order valence-electron chi connectivity index (χ3n) is 5.89. The lowest BCUT2D eigenvalue weighted by atomic mass is 10.1. The molecule has 0 aliphatic carbocycles. The molecule has 5 rings (SSSR count). The van der Waals surface area contributed by atoms with Gasteiger partial charge < -0.3 is 15.0 Å². The Balaban J connectivity index is 1.37. The molecule has 9 nitrogen and oxygen atoms in total. The second-order valence-electron chi connectivity index (χ2n) is 8.30. The lowest BCUT2D eigenvalue weighted by molar-refractivity contribution is 0.122. The van der Waals surface area contributed by atoms with Gasteiger partial charge in [0.05, 0.1) is 47.6 Å². The Bertz CT molecular complexity index is 1510. The number of nitrogens with zero attached hydrogens (tertiary/aromatic N) is 5. The van der Waals surface area contributed by atoms with Crippen molar-refractivity contribution in [1.82, 2.24) is 9.97 Å². The maximum atomic E-state index is 12.0. The maximum absolute atomic E-state index is 12.0. The number of benzene rings is 2. The quantitative estimate of drug-likeness (QED) is 0.361. The zero-order valence-electron chi connectivity index (χ0n) is 19.6. The number of hydrogen-bond acceptors (Lipinski definition) is 9. The summed E-state index contributed by atoms with van der Waals surface area (Å²) in [6.45, 7) is 3.03. The van der Waals surface area contributed by atoms with Crippen LogP contribution in [0.5, 0.6) is 0 Å². The average Bonchev–Trinajstić information content (AvgIpc) is 3.31. The van der Waals surface area contributed by atoms with E-state index in [9.17, 15) is 8.42 Å². The van der Waals surface area contributed by atoms with E-state index < -0.39 is 10.0 Å². The molecule has 0 amide bonds. The molecular formula is C25H24N6O3S2. The van der Waals surface area contributed by atoms with E-state index in [-0.39, 0.29) is 6.54 Å². The number of hydrogen-bond donors (Lipinski definition) is 1. The molecule has 1 N–H and O–H groups in total. The van der Waals surface area contributed by atoms with E-state index >= 15 is 0 Å². The SMILES string of the molecule is CS(=O)(=O)N(CC#N)c1ccc(-c2csc3cnc(Nc4ccc(N5CCOCC5)cc4)nc23)cc1. The highest BCUT2D eigenvalue weighted by Crippen LogP contribution is 2.34. The van der Waals surface area contributed by atoms with Crippen molar-refractivity contribution in [2.45, 2.75) is 0 Å². The van der Waals surface area contributed by atoms with Crippen LogP contribution in [0.3, 0.4) is 0 Å². The van der Waals surface area contributed by atoms with Crippen LogP contribution in [-0.2, 0) is 14.8 Å². The van der Waals surface area contributed by atoms with Crippen LogP contribution in [-0.4, -0.2) is 57.5 Å². The molecule has 0 unspecified atom stereocenters. The van der Waals surface area contributed by atoms with E-state index in [0.29, 0.717) is 11.6 Å². The van der Waals surface area contributed by atoms with Gasteiger partial charge in [-0.2, -0.15) is 5.26 Å². The Labute approximate surface area is 213 Å². The lowest BCUT2D eigenvalue weighted by Crippen LogP contribution is -2.36. The predicted octanol–water partition coefficient (Wildman–Crippen LogP) is 4.23. The summed E-state index contributed by atoms with van der Waals surface area (Å²) in [7, 11) is -3.55. The Hall–Kier alpha value is -3.72. The molecule has 3 heterocycles.